The van der Waals surface area contributed by atoms with E-state index in [-0.39, 0.29) is 5.91 Å². The fraction of sp³-hybridized carbons (Fsp3) is 0.300. The summed E-state index contributed by atoms with van der Waals surface area (Å²) in [6.07, 6.45) is 0. The molecule has 1 aliphatic heterocycles. The number of carbonyl (C=O) groups is 1. The van der Waals surface area contributed by atoms with Crippen LogP contribution in [0.25, 0.3) is 0 Å². The van der Waals surface area contributed by atoms with Gasteiger partial charge in [-0.15, -0.1) is 0 Å². The first-order chi connectivity index (χ1) is 6.72. The maximum atomic E-state index is 11.2. The highest BCUT2D eigenvalue weighted by Crippen LogP contribution is 2.32. The van der Waals surface area contributed by atoms with Crippen molar-refractivity contribution in [1.82, 2.24) is 0 Å². The number of carbonyl (C=O) groups excluding carboxylic acids is 1. The second-order valence-electron chi connectivity index (χ2n) is 3.15. The van der Waals surface area contributed by atoms with Crippen LogP contribution in [0.2, 0.25) is 0 Å². The number of hydrogen-bond donors (Lipinski definition) is 2. The molecule has 1 heterocycles. The van der Waals surface area contributed by atoms with Gasteiger partial charge >= 0.3 is 0 Å². The fourth-order valence-electron chi connectivity index (χ4n) is 1.52. The van der Waals surface area contributed by atoms with E-state index in [2.05, 4.69) is 5.32 Å². The summed E-state index contributed by atoms with van der Waals surface area (Å²) in [7, 11) is 0. The lowest BCUT2D eigenvalue weighted by molar-refractivity contribution is -0.116. The van der Waals surface area contributed by atoms with Crippen LogP contribution in [0, 0.1) is 0 Å². The highest BCUT2D eigenvalue weighted by atomic mass is 16.5. The molecule has 0 aromatic heterocycles. The van der Waals surface area contributed by atoms with Crippen LogP contribution < -0.4 is 15.8 Å². The summed E-state index contributed by atoms with van der Waals surface area (Å²) < 4.78 is 5.32. The van der Waals surface area contributed by atoms with Crippen molar-refractivity contribution in [2.24, 2.45) is 5.73 Å². The monoisotopic (exact) mass is 192 g/mol. The van der Waals surface area contributed by atoms with Gasteiger partial charge in [0.25, 0.3) is 0 Å². The normalized spacial score (nSPS) is 19.0. The summed E-state index contributed by atoms with van der Waals surface area (Å²) in [6, 6.07) is 4.87. The third-order valence-electron chi connectivity index (χ3n) is 2.21. The molecule has 0 saturated carbocycles. The Labute approximate surface area is 82.1 Å². The van der Waals surface area contributed by atoms with Gasteiger partial charge in [0.15, 0.2) is 0 Å². The molecular weight excluding hydrogens is 180 g/mol. The van der Waals surface area contributed by atoms with Crippen LogP contribution in [-0.4, -0.2) is 12.5 Å². The number of benzene rings is 1. The van der Waals surface area contributed by atoms with Crippen LogP contribution in [0.4, 0.5) is 5.69 Å². The Morgan fingerprint density at radius 3 is 3.07 bits per heavy atom. The SMILES string of the molecule is CCOc1ccc2c(c1)C(N)C(=O)N2. The largest absolute Gasteiger partial charge is 0.494 e. The van der Waals surface area contributed by atoms with Crippen molar-refractivity contribution in [3.63, 3.8) is 0 Å². The van der Waals surface area contributed by atoms with Gasteiger partial charge in [0.1, 0.15) is 11.8 Å². The van der Waals surface area contributed by atoms with E-state index in [1.165, 1.54) is 0 Å². The molecule has 74 valence electrons. The summed E-state index contributed by atoms with van der Waals surface area (Å²) in [6.45, 7) is 2.52. The van der Waals surface area contributed by atoms with E-state index in [0.29, 0.717) is 6.61 Å². The molecule has 14 heavy (non-hydrogen) atoms. The van der Waals surface area contributed by atoms with E-state index >= 15 is 0 Å². The van der Waals surface area contributed by atoms with Crippen molar-refractivity contribution in [1.29, 1.82) is 0 Å². The quantitative estimate of drug-likeness (QED) is 0.735. The Kier molecular flexibility index (Phi) is 2.13. The molecule has 4 nitrogen and oxygen atoms in total. The Morgan fingerprint density at radius 2 is 2.36 bits per heavy atom. The molecule has 1 aliphatic rings. The zero-order chi connectivity index (χ0) is 10.1. The molecule has 0 fully saturated rings. The van der Waals surface area contributed by atoms with Crippen molar-refractivity contribution < 1.29 is 9.53 Å². The summed E-state index contributed by atoms with van der Waals surface area (Å²) in [5.41, 5.74) is 7.28. The number of rotatable bonds is 2. The summed E-state index contributed by atoms with van der Waals surface area (Å²) in [4.78, 5) is 11.2. The Hall–Kier alpha value is -1.55. The van der Waals surface area contributed by atoms with Crippen LogP contribution in [0.1, 0.15) is 18.5 Å². The Balaban J connectivity index is 2.36. The lowest BCUT2D eigenvalue weighted by atomic mass is 10.1. The average molecular weight is 192 g/mol. The van der Waals surface area contributed by atoms with Crippen LogP contribution in [0.3, 0.4) is 0 Å². The smallest absolute Gasteiger partial charge is 0.245 e. The van der Waals surface area contributed by atoms with E-state index in [0.717, 1.165) is 17.0 Å². The molecule has 0 spiro atoms. The lowest BCUT2D eigenvalue weighted by Crippen LogP contribution is -2.19. The third kappa shape index (κ3) is 1.33. The number of fused-ring (bicyclic) bond motifs is 1. The fourth-order valence-corrected chi connectivity index (χ4v) is 1.52. The van der Waals surface area contributed by atoms with Gasteiger partial charge in [-0.2, -0.15) is 0 Å². The van der Waals surface area contributed by atoms with Crippen molar-refractivity contribution in [2.75, 3.05) is 11.9 Å². The molecule has 0 saturated heterocycles. The van der Waals surface area contributed by atoms with E-state index < -0.39 is 6.04 Å². The summed E-state index contributed by atoms with van der Waals surface area (Å²) in [5, 5.41) is 2.70. The molecule has 1 aromatic rings. The van der Waals surface area contributed by atoms with Crippen LogP contribution in [0.5, 0.6) is 5.75 Å². The average Bonchev–Trinajstić information content (AvgIpc) is 2.45. The first kappa shape index (κ1) is 9.02. The Morgan fingerprint density at radius 1 is 1.57 bits per heavy atom. The lowest BCUT2D eigenvalue weighted by Gasteiger charge is -2.06. The molecule has 0 radical (unpaired) electrons. The molecule has 2 rings (SSSR count). The molecule has 3 N–H and O–H groups in total. The minimum Gasteiger partial charge on any atom is -0.494 e. The minimum atomic E-state index is -0.564. The van der Waals surface area contributed by atoms with Gasteiger partial charge in [0.2, 0.25) is 5.91 Å². The van der Waals surface area contributed by atoms with Gasteiger partial charge in [-0.3, -0.25) is 4.79 Å². The molecule has 1 aromatic carbocycles. The van der Waals surface area contributed by atoms with Gasteiger partial charge < -0.3 is 15.8 Å². The van der Waals surface area contributed by atoms with Gasteiger partial charge in [0, 0.05) is 11.3 Å². The van der Waals surface area contributed by atoms with Crippen LogP contribution >= 0.6 is 0 Å². The van der Waals surface area contributed by atoms with E-state index in [1.54, 1.807) is 6.07 Å². The molecule has 1 atom stereocenters. The number of ether oxygens (including phenoxy) is 1. The van der Waals surface area contributed by atoms with Gasteiger partial charge in [-0.05, 0) is 25.1 Å². The second-order valence-corrected chi connectivity index (χ2v) is 3.15. The highest BCUT2D eigenvalue weighted by molar-refractivity contribution is 6.02. The van der Waals surface area contributed by atoms with Crippen molar-refractivity contribution in [2.45, 2.75) is 13.0 Å². The molecule has 4 heteroatoms. The van der Waals surface area contributed by atoms with Gasteiger partial charge in [0.05, 0.1) is 6.61 Å². The first-order valence-corrected chi connectivity index (χ1v) is 4.55. The highest BCUT2D eigenvalue weighted by Gasteiger charge is 2.27. The standard InChI is InChI=1S/C10H12N2O2/c1-2-14-6-3-4-8-7(5-6)9(11)10(13)12-8/h3-5,9H,2,11H2,1H3,(H,12,13). The number of hydrogen-bond acceptors (Lipinski definition) is 3. The maximum Gasteiger partial charge on any atom is 0.245 e. The molecule has 0 aliphatic carbocycles. The summed E-state index contributed by atoms with van der Waals surface area (Å²) >= 11 is 0. The third-order valence-corrected chi connectivity index (χ3v) is 2.21. The Bertz CT molecular complexity index is 376. The molecule has 1 unspecified atom stereocenters. The number of nitrogens with one attached hydrogen (secondary N) is 1. The zero-order valence-corrected chi connectivity index (χ0v) is 7.91. The predicted molar refractivity (Wildman–Crippen MR) is 53.2 cm³/mol. The minimum absolute atomic E-state index is 0.159. The first-order valence-electron chi connectivity index (χ1n) is 4.55. The maximum absolute atomic E-state index is 11.2. The molecule has 0 bridgehead atoms. The van der Waals surface area contributed by atoms with E-state index in [4.69, 9.17) is 10.5 Å². The van der Waals surface area contributed by atoms with Crippen LogP contribution in [-0.2, 0) is 4.79 Å². The van der Waals surface area contributed by atoms with Gasteiger partial charge in [-0.25, -0.2) is 0 Å². The molecular formula is C10H12N2O2. The predicted octanol–water partition coefficient (Wildman–Crippen LogP) is 1.04. The van der Waals surface area contributed by atoms with Crippen molar-refractivity contribution >= 4 is 11.6 Å². The zero-order valence-electron chi connectivity index (χ0n) is 7.91. The number of nitrogens with two attached hydrogens (primary N) is 1. The van der Waals surface area contributed by atoms with Crippen molar-refractivity contribution in [3.8, 4) is 5.75 Å². The van der Waals surface area contributed by atoms with E-state index in [9.17, 15) is 4.79 Å². The second kappa shape index (κ2) is 3.31. The topological polar surface area (TPSA) is 64.3 Å². The van der Waals surface area contributed by atoms with Gasteiger partial charge in [-0.1, -0.05) is 0 Å². The van der Waals surface area contributed by atoms with Crippen molar-refractivity contribution in [3.05, 3.63) is 23.8 Å². The summed E-state index contributed by atoms with van der Waals surface area (Å²) in [5.74, 6) is 0.590. The molecule has 1 amide bonds. The van der Waals surface area contributed by atoms with Crippen LogP contribution in [0.15, 0.2) is 18.2 Å². The number of anilines is 1. The number of amides is 1. The van der Waals surface area contributed by atoms with E-state index in [1.807, 2.05) is 19.1 Å².